The van der Waals surface area contributed by atoms with Crippen molar-refractivity contribution in [2.45, 2.75) is 140 Å². The van der Waals surface area contributed by atoms with Gasteiger partial charge in [-0.05, 0) is 97.7 Å². The molecule has 346 valence electrons. The lowest BCUT2D eigenvalue weighted by Crippen LogP contribution is -2.62. The quantitative estimate of drug-likeness (QED) is 0.0324. The first-order valence-electron chi connectivity index (χ1n) is 20.1. The number of amides is 7. The normalized spacial score (nSPS) is 16.1. The molecule has 0 unspecified atom stereocenters. The van der Waals surface area contributed by atoms with Crippen molar-refractivity contribution < 1.29 is 53.7 Å². The highest BCUT2D eigenvalue weighted by Crippen LogP contribution is 2.08. The van der Waals surface area contributed by atoms with E-state index in [9.17, 15) is 48.6 Å². The van der Waals surface area contributed by atoms with Gasteiger partial charge >= 0.3 is 5.97 Å². The number of carbonyl (C=O) groups excluding carboxylic acids is 7. The van der Waals surface area contributed by atoms with Gasteiger partial charge < -0.3 is 74.7 Å². The molecule has 1 rings (SSSR count). The number of imidazole rings is 1. The predicted octanol–water partition coefficient (Wildman–Crippen LogP) is -4.43. The minimum atomic E-state index is -1.68. The molecule has 0 radical (unpaired) electrons. The van der Waals surface area contributed by atoms with Crippen LogP contribution in [0.5, 0.6) is 0 Å². The number of hydrogen-bond acceptors (Lipinski definition) is 15. The lowest BCUT2D eigenvalue weighted by molar-refractivity contribution is -0.142. The Labute approximate surface area is 359 Å². The van der Waals surface area contributed by atoms with Crippen molar-refractivity contribution in [2.24, 2.45) is 17.2 Å². The van der Waals surface area contributed by atoms with Gasteiger partial charge in [-0.3, -0.25) is 38.4 Å². The van der Waals surface area contributed by atoms with Gasteiger partial charge in [0.15, 0.2) is 0 Å². The first-order chi connectivity index (χ1) is 28.8. The van der Waals surface area contributed by atoms with Crippen LogP contribution in [0.3, 0.4) is 0 Å². The standard InChI is InChI=1S/C37H66N12O11S/c1-19(43-34(56)27(16-23-17-41-18-42-23)47-32(54)25(10-6-8-13-38)45-31(53)24(40)12-15-61-5)30(52)48-29(22(4)51)36(58)46-26(11-7-9-14-39)33(55)49-28(21(3)50)35(57)44-20(2)37(59)60/h17-22,24-29,50-51H,6-16,38-40H2,1-5H3,(H,41,42)(H,43,56)(H,44,57)(H,45,53)(H,46,58)(H,47,54)(H,48,52)(H,49,55)(H,59,60)/t19-,20-,21+,22+,24-,25-,26-,27-,28-,29-/m0/s1. The van der Waals surface area contributed by atoms with Crippen LogP contribution >= 0.6 is 11.8 Å². The molecule has 1 heterocycles. The number of unbranched alkanes of at least 4 members (excludes halogenated alkanes) is 2. The molecule has 61 heavy (non-hydrogen) atoms. The van der Waals surface area contributed by atoms with Crippen LogP contribution in [-0.2, 0) is 44.8 Å². The summed E-state index contributed by atoms with van der Waals surface area (Å²) in [6.45, 7) is 5.46. The number of carbonyl (C=O) groups is 8. The number of thioether (sulfide) groups is 1. The summed E-state index contributed by atoms with van der Waals surface area (Å²) in [4.78, 5) is 111. The Balaban J connectivity index is 3.21. The second-order valence-corrected chi connectivity index (χ2v) is 15.7. The van der Waals surface area contributed by atoms with Crippen LogP contribution in [0.4, 0.5) is 0 Å². The van der Waals surface area contributed by atoms with Crippen molar-refractivity contribution in [1.29, 1.82) is 0 Å². The van der Waals surface area contributed by atoms with Gasteiger partial charge in [-0.15, -0.1) is 0 Å². The van der Waals surface area contributed by atoms with E-state index in [4.69, 9.17) is 22.3 Å². The zero-order valence-corrected chi connectivity index (χ0v) is 36.2. The summed E-state index contributed by atoms with van der Waals surface area (Å²) in [5.74, 6) is -6.68. The number of nitrogens with one attached hydrogen (secondary N) is 8. The topological polar surface area (TPSA) is 388 Å². The number of aromatic nitrogens is 2. The fourth-order valence-electron chi connectivity index (χ4n) is 5.62. The highest BCUT2D eigenvalue weighted by atomic mass is 32.2. The number of carboxylic acids is 1. The van der Waals surface area contributed by atoms with Gasteiger partial charge in [-0.2, -0.15) is 11.8 Å². The Morgan fingerprint density at radius 1 is 0.639 bits per heavy atom. The van der Waals surface area contributed by atoms with E-state index < -0.39 is 108 Å². The van der Waals surface area contributed by atoms with E-state index in [0.717, 1.165) is 0 Å². The molecule has 10 atom stereocenters. The predicted molar refractivity (Wildman–Crippen MR) is 225 cm³/mol. The van der Waals surface area contributed by atoms with Gasteiger partial charge in [0.1, 0.15) is 42.3 Å². The zero-order valence-electron chi connectivity index (χ0n) is 35.4. The third-order valence-electron chi connectivity index (χ3n) is 9.35. The molecular formula is C37H66N12O11S. The first-order valence-corrected chi connectivity index (χ1v) is 21.5. The van der Waals surface area contributed by atoms with Crippen LogP contribution in [0.2, 0.25) is 0 Å². The summed E-state index contributed by atoms with van der Waals surface area (Å²) >= 11 is 1.51. The number of carboxylic acid groups (broad SMARTS) is 1. The van der Waals surface area contributed by atoms with Crippen LogP contribution < -0.4 is 54.4 Å². The first kappa shape index (κ1) is 54.1. The highest BCUT2D eigenvalue weighted by molar-refractivity contribution is 7.98. The second-order valence-electron chi connectivity index (χ2n) is 14.7. The third-order valence-corrected chi connectivity index (χ3v) is 9.99. The summed E-state index contributed by atoms with van der Waals surface area (Å²) in [6, 6.07) is -10.6. The number of aliphatic carboxylic acids is 1. The molecule has 0 saturated heterocycles. The van der Waals surface area contributed by atoms with E-state index >= 15 is 0 Å². The van der Waals surface area contributed by atoms with Crippen LogP contribution in [0.1, 0.15) is 78.3 Å². The molecule has 1 aromatic rings. The number of aromatic amines is 1. The van der Waals surface area contributed by atoms with Crippen molar-refractivity contribution in [2.75, 3.05) is 25.1 Å². The Kier molecular flexibility index (Phi) is 25.4. The Morgan fingerprint density at radius 2 is 1.10 bits per heavy atom. The van der Waals surface area contributed by atoms with Crippen molar-refractivity contribution in [3.05, 3.63) is 18.2 Å². The largest absolute Gasteiger partial charge is 0.480 e. The zero-order chi connectivity index (χ0) is 46.2. The second kappa shape index (κ2) is 28.6. The SMILES string of the molecule is CSCC[C@H](N)C(=O)N[C@@H](CCCCN)C(=O)N[C@@H](Cc1cnc[nH]1)C(=O)N[C@@H](C)C(=O)N[C@H](C(=O)N[C@@H](CCCCN)C(=O)N[C@H](C(=O)N[C@@H](C)C(=O)O)[C@@H](C)O)[C@@H](C)O. The van der Waals surface area contributed by atoms with Gasteiger partial charge in [0, 0.05) is 18.3 Å². The van der Waals surface area contributed by atoms with Gasteiger partial charge in [-0.1, -0.05) is 0 Å². The summed E-state index contributed by atoms with van der Waals surface area (Å²) in [7, 11) is 0. The molecular weight excluding hydrogens is 821 g/mol. The molecule has 0 aliphatic heterocycles. The molecule has 17 N–H and O–H groups in total. The molecule has 0 fully saturated rings. The molecule has 1 aromatic heterocycles. The summed E-state index contributed by atoms with van der Waals surface area (Å²) in [5.41, 5.74) is 17.7. The summed E-state index contributed by atoms with van der Waals surface area (Å²) in [6.07, 6.45) is 3.88. The van der Waals surface area contributed by atoms with Crippen LogP contribution in [0, 0.1) is 0 Å². The molecule has 0 saturated carbocycles. The minimum absolute atomic E-state index is 0.0206. The van der Waals surface area contributed by atoms with Crippen molar-refractivity contribution in [3.63, 3.8) is 0 Å². The van der Waals surface area contributed by atoms with Gasteiger partial charge in [0.25, 0.3) is 0 Å². The van der Waals surface area contributed by atoms with Crippen molar-refractivity contribution >= 4 is 59.1 Å². The molecule has 0 aliphatic carbocycles. The number of rotatable bonds is 30. The molecule has 23 nitrogen and oxygen atoms in total. The lowest BCUT2D eigenvalue weighted by atomic mass is 10.0. The lowest BCUT2D eigenvalue weighted by Gasteiger charge is -2.28. The number of nitrogens with zero attached hydrogens (tertiary/aromatic N) is 1. The van der Waals surface area contributed by atoms with Crippen molar-refractivity contribution in [1.82, 2.24) is 47.2 Å². The maximum absolute atomic E-state index is 13.7. The molecule has 0 bridgehead atoms. The van der Waals surface area contributed by atoms with Gasteiger partial charge in [-0.25, -0.2) is 4.98 Å². The number of H-pyrrole nitrogens is 1. The molecule has 0 aliphatic rings. The Bertz CT molecular complexity index is 1570. The number of nitrogens with two attached hydrogens (primary N) is 3. The van der Waals surface area contributed by atoms with Crippen molar-refractivity contribution in [3.8, 4) is 0 Å². The molecule has 24 heteroatoms. The average Bonchev–Trinajstić information content (AvgIpc) is 3.72. The monoisotopic (exact) mass is 886 g/mol. The highest BCUT2D eigenvalue weighted by Gasteiger charge is 2.35. The van der Waals surface area contributed by atoms with Crippen LogP contribution in [-0.4, -0.2) is 158 Å². The van der Waals surface area contributed by atoms with Gasteiger partial charge in [0.2, 0.25) is 41.4 Å². The smallest absolute Gasteiger partial charge is 0.325 e. The van der Waals surface area contributed by atoms with E-state index in [1.807, 2.05) is 6.26 Å². The summed E-state index contributed by atoms with van der Waals surface area (Å²) in [5, 5.41) is 47.0. The fourth-order valence-corrected chi connectivity index (χ4v) is 6.11. The van der Waals surface area contributed by atoms with E-state index in [-0.39, 0.29) is 25.8 Å². The summed E-state index contributed by atoms with van der Waals surface area (Å²) < 4.78 is 0. The van der Waals surface area contributed by atoms with E-state index in [0.29, 0.717) is 50.1 Å². The van der Waals surface area contributed by atoms with Crippen LogP contribution in [0.15, 0.2) is 12.5 Å². The van der Waals surface area contributed by atoms with E-state index in [2.05, 4.69) is 47.2 Å². The maximum atomic E-state index is 13.7. The molecule has 7 amide bonds. The number of aliphatic hydroxyl groups excluding tert-OH is 2. The van der Waals surface area contributed by atoms with Gasteiger partial charge in [0.05, 0.1) is 24.6 Å². The third kappa shape index (κ3) is 20.0. The number of hydrogen-bond donors (Lipinski definition) is 14. The molecule has 0 aromatic carbocycles. The Morgan fingerprint density at radius 3 is 1.57 bits per heavy atom. The van der Waals surface area contributed by atoms with E-state index in [1.165, 1.54) is 52.0 Å². The van der Waals surface area contributed by atoms with Crippen LogP contribution in [0.25, 0.3) is 0 Å². The minimum Gasteiger partial charge on any atom is -0.480 e. The Hall–Kier alpha value is -4.88. The molecule has 0 spiro atoms. The number of aliphatic hydroxyl groups is 2. The fraction of sp³-hybridized carbons (Fsp3) is 0.703. The maximum Gasteiger partial charge on any atom is 0.325 e. The average molecular weight is 887 g/mol. The van der Waals surface area contributed by atoms with E-state index in [1.54, 1.807) is 0 Å².